The first-order chi connectivity index (χ1) is 7.93. The van der Waals surface area contributed by atoms with Crippen LogP contribution in [0.1, 0.15) is 33.0 Å². The van der Waals surface area contributed by atoms with Crippen molar-refractivity contribution in [2.24, 2.45) is 5.41 Å². The minimum absolute atomic E-state index is 0.00779. The molecule has 0 bridgehead atoms. The van der Waals surface area contributed by atoms with Gasteiger partial charge in [0.15, 0.2) is 0 Å². The van der Waals surface area contributed by atoms with E-state index in [2.05, 4.69) is 5.32 Å². The summed E-state index contributed by atoms with van der Waals surface area (Å²) in [6.45, 7) is 6.53. The summed E-state index contributed by atoms with van der Waals surface area (Å²) in [5, 5.41) is 22.4. The van der Waals surface area contributed by atoms with Gasteiger partial charge in [-0.3, -0.25) is 0 Å². The molecule has 0 aliphatic heterocycles. The topological polar surface area (TPSA) is 65.6 Å². The predicted octanol–water partition coefficient (Wildman–Crippen LogP) is 1.53. The summed E-state index contributed by atoms with van der Waals surface area (Å²) in [5.74, 6) is 0.827. The van der Waals surface area contributed by atoms with Gasteiger partial charge in [-0.05, 0) is 24.0 Å². The van der Waals surface area contributed by atoms with Crippen LogP contribution in [-0.2, 0) is 6.54 Å². The third kappa shape index (κ3) is 4.89. The fourth-order valence-corrected chi connectivity index (χ4v) is 1.50. The predicted molar refractivity (Wildman–Crippen MR) is 66.5 cm³/mol. The lowest BCUT2D eigenvalue weighted by Crippen LogP contribution is -2.39. The van der Waals surface area contributed by atoms with Gasteiger partial charge in [-0.15, -0.1) is 0 Å². The van der Waals surface area contributed by atoms with Crippen molar-refractivity contribution in [1.82, 2.24) is 5.32 Å². The van der Waals surface area contributed by atoms with Gasteiger partial charge in [0, 0.05) is 6.04 Å². The Bertz CT molecular complexity index is 303. The van der Waals surface area contributed by atoms with Crippen molar-refractivity contribution in [3.05, 3.63) is 24.2 Å². The Hall–Kier alpha value is -0.840. The van der Waals surface area contributed by atoms with E-state index in [1.54, 1.807) is 6.26 Å². The first-order valence-corrected chi connectivity index (χ1v) is 5.98. The largest absolute Gasteiger partial charge is 0.468 e. The highest BCUT2D eigenvalue weighted by molar-refractivity contribution is 4.97. The number of aliphatic hydroxyl groups is 2. The van der Waals surface area contributed by atoms with Crippen molar-refractivity contribution in [3.8, 4) is 0 Å². The third-order valence-corrected chi connectivity index (χ3v) is 2.87. The molecule has 3 N–H and O–H groups in total. The quantitative estimate of drug-likeness (QED) is 0.706. The zero-order chi connectivity index (χ0) is 12.9. The lowest BCUT2D eigenvalue weighted by Gasteiger charge is -2.29. The number of aliphatic hydroxyl groups excluding tert-OH is 2. The number of rotatable bonds is 6. The normalized spacial score (nSPS) is 15.8. The summed E-state index contributed by atoms with van der Waals surface area (Å²) in [6, 6.07) is 3.59. The van der Waals surface area contributed by atoms with Crippen LogP contribution in [0.5, 0.6) is 0 Å². The van der Waals surface area contributed by atoms with Gasteiger partial charge in [-0.1, -0.05) is 20.8 Å². The van der Waals surface area contributed by atoms with Crippen LogP contribution >= 0.6 is 0 Å². The van der Waals surface area contributed by atoms with Gasteiger partial charge in [0.05, 0.1) is 25.5 Å². The van der Waals surface area contributed by atoms with Crippen molar-refractivity contribution in [1.29, 1.82) is 0 Å². The second kappa shape index (κ2) is 6.19. The fourth-order valence-electron chi connectivity index (χ4n) is 1.50. The molecule has 0 radical (unpaired) electrons. The first-order valence-electron chi connectivity index (χ1n) is 5.98. The van der Waals surface area contributed by atoms with Crippen LogP contribution in [0.2, 0.25) is 0 Å². The molecule has 0 aromatic carbocycles. The van der Waals surface area contributed by atoms with Crippen LogP contribution < -0.4 is 5.32 Å². The van der Waals surface area contributed by atoms with E-state index < -0.39 is 6.10 Å². The lowest BCUT2D eigenvalue weighted by atomic mass is 9.85. The van der Waals surface area contributed by atoms with Gasteiger partial charge in [0.25, 0.3) is 0 Å². The third-order valence-electron chi connectivity index (χ3n) is 2.87. The molecule has 1 aromatic rings. The highest BCUT2D eigenvalue weighted by Gasteiger charge is 2.25. The van der Waals surface area contributed by atoms with E-state index in [1.165, 1.54) is 0 Å². The second-order valence-electron chi connectivity index (χ2n) is 5.46. The number of nitrogens with one attached hydrogen (secondary N) is 1. The molecule has 4 heteroatoms. The van der Waals surface area contributed by atoms with Crippen LogP contribution in [-0.4, -0.2) is 29.0 Å². The van der Waals surface area contributed by atoms with Crippen LogP contribution in [0.3, 0.4) is 0 Å². The van der Waals surface area contributed by atoms with E-state index in [0.717, 1.165) is 5.76 Å². The molecule has 4 nitrogen and oxygen atoms in total. The number of furan rings is 1. The molecule has 0 saturated heterocycles. The number of hydrogen-bond donors (Lipinski definition) is 3. The van der Waals surface area contributed by atoms with E-state index in [9.17, 15) is 10.2 Å². The average molecular weight is 241 g/mol. The summed E-state index contributed by atoms with van der Waals surface area (Å²) in [7, 11) is 0. The van der Waals surface area contributed by atoms with Crippen LogP contribution in [0.25, 0.3) is 0 Å². The summed E-state index contributed by atoms with van der Waals surface area (Å²) in [4.78, 5) is 0. The second-order valence-corrected chi connectivity index (χ2v) is 5.46. The van der Waals surface area contributed by atoms with Gasteiger partial charge < -0.3 is 19.9 Å². The Labute approximate surface area is 103 Å². The summed E-state index contributed by atoms with van der Waals surface area (Å²) >= 11 is 0. The van der Waals surface area contributed by atoms with Crippen LogP contribution in [0.15, 0.2) is 22.8 Å². The Morgan fingerprint density at radius 3 is 2.59 bits per heavy atom. The smallest absolute Gasteiger partial charge is 0.117 e. The van der Waals surface area contributed by atoms with Crippen molar-refractivity contribution < 1.29 is 14.6 Å². The molecule has 1 heterocycles. The van der Waals surface area contributed by atoms with Crippen molar-refractivity contribution in [2.45, 2.75) is 45.9 Å². The highest BCUT2D eigenvalue weighted by atomic mass is 16.3. The maximum Gasteiger partial charge on any atom is 0.117 e. The molecule has 0 aliphatic carbocycles. The molecule has 98 valence electrons. The van der Waals surface area contributed by atoms with E-state index in [0.29, 0.717) is 13.0 Å². The standard InChI is InChI=1S/C13H23NO3/c1-13(2,3)12(16)7-10(9-15)14-8-11-5-4-6-17-11/h4-6,10,12,14-16H,7-9H2,1-3H3. The van der Waals surface area contributed by atoms with Crippen LogP contribution in [0.4, 0.5) is 0 Å². The van der Waals surface area contributed by atoms with Crippen molar-refractivity contribution >= 4 is 0 Å². The lowest BCUT2D eigenvalue weighted by molar-refractivity contribution is 0.0387. The van der Waals surface area contributed by atoms with E-state index >= 15 is 0 Å². The molecular weight excluding hydrogens is 218 g/mol. The molecule has 1 aromatic heterocycles. The summed E-state index contributed by atoms with van der Waals surface area (Å²) in [6.07, 6.45) is 1.71. The molecular formula is C13H23NO3. The van der Waals surface area contributed by atoms with Gasteiger partial charge in [0.1, 0.15) is 5.76 Å². The van der Waals surface area contributed by atoms with E-state index in [1.807, 2.05) is 32.9 Å². The van der Waals surface area contributed by atoms with Gasteiger partial charge in [-0.25, -0.2) is 0 Å². The molecule has 0 fully saturated rings. The molecule has 2 unspecified atom stereocenters. The fraction of sp³-hybridized carbons (Fsp3) is 0.692. The first kappa shape index (κ1) is 14.2. The summed E-state index contributed by atoms with van der Waals surface area (Å²) < 4.78 is 5.19. The zero-order valence-electron chi connectivity index (χ0n) is 10.8. The van der Waals surface area contributed by atoms with Gasteiger partial charge in [-0.2, -0.15) is 0 Å². The SMILES string of the molecule is CC(C)(C)C(O)CC(CO)NCc1ccco1. The van der Waals surface area contributed by atoms with E-state index in [-0.39, 0.29) is 18.1 Å². The maximum atomic E-state index is 9.97. The van der Waals surface area contributed by atoms with Gasteiger partial charge in [0.2, 0.25) is 0 Å². The Morgan fingerprint density at radius 2 is 2.12 bits per heavy atom. The molecule has 0 amide bonds. The minimum Gasteiger partial charge on any atom is -0.468 e. The highest BCUT2D eigenvalue weighted by Crippen LogP contribution is 2.22. The minimum atomic E-state index is -0.441. The number of hydrogen-bond acceptors (Lipinski definition) is 4. The Balaban J connectivity index is 2.38. The van der Waals surface area contributed by atoms with Crippen molar-refractivity contribution in [3.63, 3.8) is 0 Å². The monoisotopic (exact) mass is 241 g/mol. The molecule has 0 saturated carbocycles. The molecule has 0 aliphatic rings. The molecule has 2 atom stereocenters. The average Bonchev–Trinajstić information content (AvgIpc) is 2.75. The Morgan fingerprint density at radius 1 is 1.41 bits per heavy atom. The molecule has 17 heavy (non-hydrogen) atoms. The Kier molecular flexibility index (Phi) is 5.18. The summed E-state index contributed by atoms with van der Waals surface area (Å²) in [5.41, 5.74) is -0.167. The zero-order valence-corrected chi connectivity index (χ0v) is 10.8. The van der Waals surface area contributed by atoms with E-state index in [4.69, 9.17) is 4.42 Å². The van der Waals surface area contributed by atoms with Crippen molar-refractivity contribution in [2.75, 3.05) is 6.61 Å². The van der Waals surface area contributed by atoms with Crippen LogP contribution in [0, 0.1) is 5.41 Å². The molecule has 1 rings (SSSR count). The molecule has 0 spiro atoms. The maximum absolute atomic E-state index is 9.97. The van der Waals surface area contributed by atoms with Gasteiger partial charge >= 0.3 is 0 Å².